The van der Waals surface area contributed by atoms with Crippen LogP contribution >= 0.6 is 11.6 Å². The van der Waals surface area contributed by atoms with Crippen LogP contribution in [0.1, 0.15) is 11.3 Å². The van der Waals surface area contributed by atoms with Gasteiger partial charge in [-0.05, 0) is 60.2 Å². The van der Waals surface area contributed by atoms with Crippen LogP contribution in [0.5, 0.6) is 23.0 Å². The van der Waals surface area contributed by atoms with Crippen LogP contribution in [0.25, 0.3) is 22.5 Å². The number of rotatable bonds is 8. The second kappa shape index (κ2) is 17.9. The van der Waals surface area contributed by atoms with Gasteiger partial charge in [0, 0.05) is 41.1 Å². The number of anilines is 1. The van der Waals surface area contributed by atoms with Gasteiger partial charge in [0.25, 0.3) is 0 Å². The number of hydrogen-bond acceptors (Lipinski definition) is 9. The Morgan fingerprint density at radius 1 is 0.571 bits per heavy atom. The number of benzene rings is 4. The molecule has 0 aliphatic carbocycles. The van der Waals surface area contributed by atoms with Gasteiger partial charge in [-0.3, -0.25) is 0 Å². The molecule has 0 atom stereocenters. The van der Waals surface area contributed by atoms with Gasteiger partial charge < -0.3 is 24.7 Å². The third-order valence-corrected chi connectivity index (χ3v) is 7.11. The van der Waals surface area contributed by atoms with Crippen molar-refractivity contribution < 1.29 is 27.7 Å². The molecule has 2 heterocycles. The summed E-state index contributed by atoms with van der Waals surface area (Å²) in [7, 11) is 6.11. The summed E-state index contributed by atoms with van der Waals surface area (Å²) in [6, 6.07) is 28.1. The molecular formula is C37H34ClF2N5O4. The van der Waals surface area contributed by atoms with E-state index in [0.717, 1.165) is 45.3 Å². The standard InChI is InChI=1S/C19H17FN2O2.C11H9ClN2O.C7H8FNO/c1-23-18-6-4-3-5-15(18)17-11-14(21-12-22-17)9-13-7-8-19(24-2)16(20)10-13;1-15-10-5-3-2-4-8(10)9-6-11(12)14-7-13-9;1-10-7-3-2-5(9)4-6(7)8/h3-8,10-12H,9H2,1-2H3;2-7H,1H3;2-4H,9H2,1H3. The Kier molecular flexibility index (Phi) is 13.2. The highest BCUT2D eigenvalue weighted by Crippen LogP contribution is 2.30. The summed E-state index contributed by atoms with van der Waals surface area (Å²) < 4.78 is 46.7. The monoisotopic (exact) mass is 685 g/mol. The normalized spacial score (nSPS) is 10.1. The summed E-state index contributed by atoms with van der Waals surface area (Å²) in [5, 5.41) is 0.422. The lowest BCUT2D eigenvalue weighted by molar-refractivity contribution is 0.386. The molecule has 2 N–H and O–H groups in total. The molecule has 0 unspecified atom stereocenters. The van der Waals surface area contributed by atoms with Crippen LogP contribution in [0.15, 0.2) is 110 Å². The minimum Gasteiger partial charge on any atom is -0.496 e. The third-order valence-electron chi connectivity index (χ3n) is 6.90. The van der Waals surface area contributed by atoms with Gasteiger partial charge in [-0.25, -0.2) is 28.7 Å². The van der Waals surface area contributed by atoms with Gasteiger partial charge >= 0.3 is 0 Å². The van der Waals surface area contributed by atoms with Crippen LogP contribution in [-0.4, -0.2) is 48.4 Å². The van der Waals surface area contributed by atoms with E-state index >= 15 is 0 Å². The molecule has 0 aliphatic heterocycles. The van der Waals surface area contributed by atoms with Gasteiger partial charge in [0.1, 0.15) is 29.3 Å². The SMILES string of the molecule is COc1ccc(Cc2cc(-c3ccccc3OC)ncn2)cc1F.COc1ccc(N)cc1F.COc1ccccc1-c1cc(Cl)ncn1. The molecule has 6 rings (SSSR count). The maximum Gasteiger partial charge on any atom is 0.167 e. The average Bonchev–Trinajstić information content (AvgIpc) is 3.12. The van der Waals surface area contributed by atoms with Crippen molar-refractivity contribution in [2.75, 3.05) is 34.2 Å². The Hall–Kier alpha value is -5.81. The number of halogens is 3. The quantitative estimate of drug-likeness (QED) is 0.125. The Labute approximate surface area is 288 Å². The summed E-state index contributed by atoms with van der Waals surface area (Å²) >= 11 is 5.80. The molecule has 6 aromatic rings. The second-order valence-corrected chi connectivity index (χ2v) is 10.4. The van der Waals surface area contributed by atoms with Crippen molar-refractivity contribution in [2.24, 2.45) is 0 Å². The summed E-state index contributed by atoms with van der Waals surface area (Å²) in [4.78, 5) is 16.6. The van der Waals surface area contributed by atoms with Crippen LogP contribution in [0.4, 0.5) is 14.5 Å². The van der Waals surface area contributed by atoms with E-state index in [-0.39, 0.29) is 17.3 Å². The molecule has 4 aromatic carbocycles. The Morgan fingerprint density at radius 2 is 1.08 bits per heavy atom. The van der Waals surface area contributed by atoms with E-state index in [1.54, 1.807) is 32.4 Å². The van der Waals surface area contributed by atoms with Gasteiger partial charge in [0.15, 0.2) is 23.1 Å². The fourth-order valence-corrected chi connectivity index (χ4v) is 4.69. The van der Waals surface area contributed by atoms with Crippen molar-refractivity contribution in [1.29, 1.82) is 0 Å². The number of ether oxygens (including phenoxy) is 4. The molecule has 0 fully saturated rings. The van der Waals surface area contributed by atoms with E-state index in [0.29, 0.717) is 17.3 Å². The molecule has 12 heteroatoms. The fourth-order valence-electron chi connectivity index (χ4n) is 4.55. The van der Waals surface area contributed by atoms with Crippen LogP contribution in [-0.2, 0) is 6.42 Å². The lowest BCUT2D eigenvalue weighted by Crippen LogP contribution is -1.97. The topological polar surface area (TPSA) is 114 Å². The van der Waals surface area contributed by atoms with E-state index in [9.17, 15) is 8.78 Å². The number of hydrogen-bond donors (Lipinski definition) is 1. The van der Waals surface area contributed by atoms with Crippen molar-refractivity contribution in [1.82, 2.24) is 19.9 Å². The van der Waals surface area contributed by atoms with E-state index < -0.39 is 5.82 Å². The lowest BCUT2D eigenvalue weighted by atomic mass is 10.1. The first kappa shape index (κ1) is 36.0. The van der Waals surface area contributed by atoms with Crippen molar-refractivity contribution in [2.45, 2.75) is 6.42 Å². The number of methoxy groups -OCH3 is 4. The van der Waals surface area contributed by atoms with E-state index in [1.807, 2.05) is 60.7 Å². The van der Waals surface area contributed by atoms with Gasteiger partial charge in [0.2, 0.25) is 0 Å². The first-order valence-electron chi connectivity index (χ1n) is 14.7. The van der Waals surface area contributed by atoms with Gasteiger partial charge in [-0.15, -0.1) is 0 Å². The number of nitrogens with two attached hydrogens (primary N) is 1. The molecule has 9 nitrogen and oxygen atoms in total. The lowest BCUT2D eigenvalue weighted by Gasteiger charge is -2.09. The minimum atomic E-state index is -0.428. The van der Waals surface area contributed by atoms with E-state index in [4.69, 9.17) is 31.5 Å². The molecule has 0 aliphatic rings. The predicted molar refractivity (Wildman–Crippen MR) is 186 cm³/mol. The Bertz CT molecular complexity index is 1980. The van der Waals surface area contributed by atoms with Crippen LogP contribution in [0, 0.1) is 11.6 Å². The second-order valence-electron chi connectivity index (χ2n) is 10.1. The Morgan fingerprint density at radius 3 is 1.61 bits per heavy atom. The summed E-state index contributed by atoms with van der Waals surface area (Å²) in [6.45, 7) is 0. The zero-order valence-corrected chi connectivity index (χ0v) is 28.0. The molecule has 0 bridgehead atoms. The number of para-hydroxylation sites is 2. The smallest absolute Gasteiger partial charge is 0.167 e. The minimum absolute atomic E-state index is 0.217. The van der Waals surface area contributed by atoms with Gasteiger partial charge in [-0.1, -0.05) is 41.9 Å². The van der Waals surface area contributed by atoms with Crippen molar-refractivity contribution in [3.8, 4) is 45.5 Å². The van der Waals surface area contributed by atoms with Crippen molar-refractivity contribution in [3.63, 3.8) is 0 Å². The largest absolute Gasteiger partial charge is 0.496 e. The first-order valence-corrected chi connectivity index (χ1v) is 15.1. The molecule has 0 radical (unpaired) electrons. The highest BCUT2D eigenvalue weighted by molar-refractivity contribution is 6.29. The molecule has 0 saturated carbocycles. The highest BCUT2D eigenvalue weighted by atomic mass is 35.5. The molecule has 49 heavy (non-hydrogen) atoms. The summed E-state index contributed by atoms with van der Waals surface area (Å²) in [5.74, 6) is 1.16. The average molecular weight is 686 g/mol. The predicted octanol–water partition coefficient (Wildman–Crippen LogP) is 8.11. The highest BCUT2D eigenvalue weighted by Gasteiger charge is 2.10. The summed E-state index contributed by atoms with van der Waals surface area (Å²) in [6.07, 6.45) is 3.45. The third kappa shape index (κ3) is 10.1. The van der Waals surface area contributed by atoms with Crippen molar-refractivity contribution >= 4 is 17.3 Å². The van der Waals surface area contributed by atoms with Crippen LogP contribution < -0.4 is 24.7 Å². The fraction of sp³-hybridized carbons (Fsp3) is 0.135. The molecule has 0 saturated heterocycles. The molecule has 0 amide bonds. The number of nitrogen functional groups attached to an aromatic ring is 1. The van der Waals surface area contributed by atoms with E-state index in [2.05, 4.69) is 24.7 Å². The zero-order valence-electron chi connectivity index (χ0n) is 27.2. The first-order chi connectivity index (χ1) is 23.8. The van der Waals surface area contributed by atoms with Crippen LogP contribution in [0.3, 0.4) is 0 Å². The molecular weight excluding hydrogens is 652 g/mol. The zero-order chi connectivity index (χ0) is 35.2. The Balaban J connectivity index is 0.000000184. The maximum absolute atomic E-state index is 13.8. The van der Waals surface area contributed by atoms with Crippen LogP contribution in [0.2, 0.25) is 5.15 Å². The number of nitrogens with zero attached hydrogens (tertiary/aromatic N) is 4. The van der Waals surface area contributed by atoms with Crippen molar-refractivity contribution in [3.05, 3.63) is 138 Å². The van der Waals surface area contributed by atoms with Gasteiger partial charge in [0.05, 0.1) is 39.8 Å². The van der Waals surface area contributed by atoms with E-state index in [1.165, 1.54) is 45.1 Å². The number of aromatic nitrogens is 4. The van der Waals surface area contributed by atoms with Gasteiger partial charge in [-0.2, -0.15) is 0 Å². The summed E-state index contributed by atoms with van der Waals surface area (Å²) in [5.41, 5.74) is 10.6. The molecule has 2 aromatic heterocycles. The molecule has 0 spiro atoms. The molecule has 252 valence electrons. The maximum atomic E-state index is 13.8.